The Hall–Kier alpha value is -2.08. The summed E-state index contributed by atoms with van der Waals surface area (Å²) in [5.74, 6) is 1.48. The predicted octanol–water partition coefficient (Wildman–Crippen LogP) is 5.53. The van der Waals surface area contributed by atoms with Gasteiger partial charge in [-0.1, -0.05) is 36.4 Å². The Morgan fingerprint density at radius 1 is 0.929 bits per heavy atom. The Balaban J connectivity index is 0.00000280. The Labute approximate surface area is 180 Å². The normalized spacial score (nSPS) is 10.2. The first-order chi connectivity index (χ1) is 13.3. The number of aromatic nitrogens is 1. The van der Waals surface area contributed by atoms with Gasteiger partial charge in [-0.05, 0) is 58.2 Å². The van der Waals surface area contributed by atoms with E-state index in [4.69, 9.17) is 9.47 Å². The van der Waals surface area contributed by atoms with Crippen molar-refractivity contribution in [3.05, 3.63) is 88.2 Å². The molecule has 6 heteroatoms. The van der Waals surface area contributed by atoms with Gasteiger partial charge in [0.25, 0.3) is 0 Å². The first-order valence-corrected chi connectivity index (χ1v) is 9.78. The third-order valence-corrected chi connectivity index (χ3v) is 4.55. The second-order valence-electron chi connectivity index (χ2n) is 6.04. The molecule has 1 aromatic heterocycles. The molecule has 2 aromatic carbocycles. The molecule has 148 valence electrons. The van der Waals surface area contributed by atoms with Gasteiger partial charge in [0.05, 0.1) is 16.8 Å². The molecular formula is C22H24BrClN2O2. The number of hydrogen-bond donors (Lipinski definition) is 1. The summed E-state index contributed by atoms with van der Waals surface area (Å²) in [7, 11) is 0. The van der Waals surface area contributed by atoms with E-state index in [1.165, 1.54) is 0 Å². The van der Waals surface area contributed by atoms with Crippen LogP contribution in [-0.4, -0.2) is 11.6 Å². The van der Waals surface area contributed by atoms with E-state index in [-0.39, 0.29) is 12.4 Å². The summed E-state index contributed by atoms with van der Waals surface area (Å²) in [6.07, 6.45) is 1.81. The summed E-state index contributed by atoms with van der Waals surface area (Å²) < 4.78 is 12.7. The van der Waals surface area contributed by atoms with E-state index < -0.39 is 0 Å². The summed E-state index contributed by atoms with van der Waals surface area (Å²) in [6.45, 7) is 4.49. The lowest BCUT2D eigenvalue weighted by Gasteiger charge is -2.16. The zero-order chi connectivity index (χ0) is 18.9. The molecule has 0 fully saturated rings. The fourth-order valence-corrected chi connectivity index (χ4v) is 3.30. The maximum atomic E-state index is 6.03. The Kier molecular flexibility index (Phi) is 9.28. The summed E-state index contributed by atoms with van der Waals surface area (Å²) >= 11 is 3.63. The van der Waals surface area contributed by atoms with Crippen LogP contribution in [0.3, 0.4) is 0 Å². The lowest BCUT2D eigenvalue weighted by atomic mass is 10.2. The van der Waals surface area contributed by atoms with Crippen LogP contribution in [0.2, 0.25) is 0 Å². The highest BCUT2D eigenvalue weighted by molar-refractivity contribution is 9.10. The van der Waals surface area contributed by atoms with E-state index in [0.717, 1.165) is 32.8 Å². The van der Waals surface area contributed by atoms with Crippen LogP contribution < -0.4 is 14.8 Å². The fourth-order valence-electron chi connectivity index (χ4n) is 2.69. The second kappa shape index (κ2) is 11.7. The molecule has 0 amide bonds. The Morgan fingerprint density at radius 3 is 2.43 bits per heavy atom. The number of nitrogens with one attached hydrogen (secondary N) is 1. The summed E-state index contributed by atoms with van der Waals surface area (Å²) in [5, 5.41) is 3.41. The van der Waals surface area contributed by atoms with Crippen LogP contribution in [0.25, 0.3) is 0 Å². The standard InChI is InChI=1S/C22H23BrN2O2.ClH/c1-2-26-21-13-18(14-24-15-19-10-6-7-11-25-19)12-20(23)22(21)27-16-17-8-4-3-5-9-17;/h3-13,24H,2,14-16H2,1H3;1H. The summed E-state index contributed by atoms with van der Waals surface area (Å²) in [4.78, 5) is 4.33. The van der Waals surface area contributed by atoms with Crippen LogP contribution in [0, 0.1) is 0 Å². The predicted molar refractivity (Wildman–Crippen MR) is 118 cm³/mol. The molecule has 28 heavy (non-hydrogen) atoms. The average molecular weight is 464 g/mol. The van der Waals surface area contributed by atoms with Crippen molar-refractivity contribution in [1.82, 2.24) is 10.3 Å². The van der Waals surface area contributed by atoms with Crippen molar-refractivity contribution >= 4 is 28.3 Å². The molecule has 0 aliphatic carbocycles. The minimum absolute atomic E-state index is 0. The van der Waals surface area contributed by atoms with Crippen LogP contribution in [0.4, 0.5) is 0 Å². The van der Waals surface area contributed by atoms with Gasteiger partial charge >= 0.3 is 0 Å². The van der Waals surface area contributed by atoms with E-state index in [1.807, 2.05) is 61.5 Å². The lowest BCUT2D eigenvalue weighted by Crippen LogP contribution is -2.14. The lowest BCUT2D eigenvalue weighted by molar-refractivity contribution is 0.267. The van der Waals surface area contributed by atoms with E-state index in [1.54, 1.807) is 6.20 Å². The van der Waals surface area contributed by atoms with Crippen LogP contribution in [0.1, 0.15) is 23.7 Å². The van der Waals surface area contributed by atoms with Crippen LogP contribution >= 0.6 is 28.3 Å². The first-order valence-electron chi connectivity index (χ1n) is 8.99. The SMILES string of the molecule is CCOc1cc(CNCc2ccccn2)cc(Br)c1OCc1ccccc1.Cl. The van der Waals surface area contributed by atoms with Gasteiger partial charge in [0.1, 0.15) is 6.61 Å². The molecule has 1 N–H and O–H groups in total. The van der Waals surface area contributed by atoms with E-state index in [0.29, 0.717) is 26.3 Å². The van der Waals surface area contributed by atoms with Crippen LogP contribution in [0.5, 0.6) is 11.5 Å². The van der Waals surface area contributed by atoms with Gasteiger partial charge in [0.15, 0.2) is 11.5 Å². The maximum Gasteiger partial charge on any atom is 0.175 e. The molecule has 0 atom stereocenters. The Morgan fingerprint density at radius 2 is 1.71 bits per heavy atom. The average Bonchev–Trinajstić information content (AvgIpc) is 2.69. The van der Waals surface area contributed by atoms with Crippen molar-refractivity contribution in [2.45, 2.75) is 26.6 Å². The van der Waals surface area contributed by atoms with Gasteiger partial charge in [-0.2, -0.15) is 0 Å². The van der Waals surface area contributed by atoms with Gasteiger partial charge in [-0.3, -0.25) is 4.98 Å². The second-order valence-corrected chi connectivity index (χ2v) is 6.89. The number of ether oxygens (including phenoxy) is 2. The third-order valence-electron chi connectivity index (χ3n) is 3.96. The molecule has 0 spiro atoms. The van der Waals surface area contributed by atoms with Crippen molar-refractivity contribution in [3.63, 3.8) is 0 Å². The molecule has 3 aromatic rings. The topological polar surface area (TPSA) is 43.4 Å². The van der Waals surface area contributed by atoms with E-state index >= 15 is 0 Å². The minimum atomic E-state index is 0. The zero-order valence-electron chi connectivity index (χ0n) is 15.7. The number of rotatable bonds is 9. The number of pyridine rings is 1. The Bertz CT molecular complexity index is 848. The van der Waals surface area contributed by atoms with Crippen molar-refractivity contribution in [2.24, 2.45) is 0 Å². The molecule has 0 aliphatic rings. The van der Waals surface area contributed by atoms with Crippen molar-refractivity contribution in [3.8, 4) is 11.5 Å². The van der Waals surface area contributed by atoms with Gasteiger partial charge in [0.2, 0.25) is 0 Å². The van der Waals surface area contributed by atoms with Crippen LogP contribution in [0.15, 0.2) is 71.3 Å². The number of benzene rings is 2. The molecular weight excluding hydrogens is 440 g/mol. The molecule has 0 saturated heterocycles. The largest absolute Gasteiger partial charge is 0.490 e. The van der Waals surface area contributed by atoms with Gasteiger partial charge in [0, 0.05) is 19.3 Å². The maximum absolute atomic E-state index is 6.03. The third kappa shape index (κ3) is 6.51. The first kappa shape index (κ1) is 22.2. The number of nitrogens with zero attached hydrogens (tertiary/aromatic N) is 1. The number of hydrogen-bond acceptors (Lipinski definition) is 4. The minimum Gasteiger partial charge on any atom is -0.490 e. The fraction of sp³-hybridized carbons (Fsp3) is 0.227. The quantitative estimate of drug-likeness (QED) is 0.453. The monoisotopic (exact) mass is 462 g/mol. The molecule has 3 rings (SSSR count). The van der Waals surface area contributed by atoms with Gasteiger partial charge < -0.3 is 14.8 Å². The molecule has 0 bridgehead atoms. The molecule has 0 aliphatic heterocycles. The summed E-state index contributed by atoms with van der Waals surface area (Å²) in [6, 6.07) is 20.1. The molecule has 4 nitrogen and oxygen atoms in total. The van der Waals surface area contributed by atoms with Gasteiger partial charge in [-0.15, -0.1) is 12.4 Å². The van der Waals surface area contributed by atoms with E-state index in [2.05, 4.69) is 32.3 Å². The highest BCUT2D eigenvalue weighted by Crippen LogP contribution is 2.37. The highest BCUT2D eigenvalue weighted by atomic mass is 79.9. The number of halogens is 2. The van der Waals surface area contributed by atoms with Crippen LogP contribution in [-0.2, 0) is 19.7 Å². The van der Waals surface area contributed by atoms with Crippen molar-refractivity contribution in [2.75, 3.05) is 6.61 Å². The highest BCUT2D eigenvalue weighted by Gasteiger charge is 2.12. The van der Waals surface area contributed by atoms with E-state index in [9.17, 15) is 0 Å². The van der Waals surface area contributed by atoms with Crippen molar-refractivity contribution < 1.29 is 9.47 Å². The van der Waals surface area contributed by atoms with Crippen molar-refractivity contribution in [1.29, 1.82) is 0 Å². The summed E-state index contributed by atoms with van der Waals surface area (Å²) in [5.41, 5.74) is 3.26. The molecule has 0 radical (unpaired) electrons. The molecule has 0 unspecified atom stereocenters. The van der Waals surface area contributed by atoms with Gasteiger partial charge in [-0.25, -0.2) is 0 Å². The smallest absolute Gasteiger partial charge is 0.175 e. The zero-order valence-corrected chi connectivity index (χ0v) is 18.1. The molecule has 1 heterocycles. The molecule has 0 saturated carbocycles.